The molecule has 0 aliphatic rings. The first-order valence-corrected chi connectivity index (χ1v) is 6.50. The van der Waals surface area contributed by atoms with Crippen molar-refractivity contribution < 1.29 is 4.79 Å². The van der Waals surface area contributed by atoms with Crippen LogP contribution in [0.2, 0.25) is 0 Å². The summed E-state index contributed by atoms with van der Waals surface area (Å²) in [5.41, 5.74) is 9.09. The Hall–Kier alpha value is -3.73. The maximum Gasteiger partial charge on any atom is 0.257 e. The highest BCUT2D eigenvalue weighted by atomic mass is 16.1. The van der Waals surface area contributed by atoms with Crippen molar-refractivity contribution >= 4 is 28.8 Å². The molecule has 0 fully saturated rings. The van der Waals surface area contributed by atoms with Crippen molar-refractivity contribution in [1.82, 2.24) is 4.98 Å². The molecule has 1 amide bonds. The number of carbonyl (C=O) groups excluding carboxylic acids is 1. The highest BCUT2D eigenvalue weighted by Gasteiger charge is 2.06. The van der Waals surface area contributed by atoms with Crippen LogP contribution in [0.15, 0.2) is 53.9 Å². The van der Waals surface area contributed by atoms with Crippen LogP contribution in [-0.4, -0.2) is 22.4 Å². The zero-order valence-electron chi connectivity index (χ0n) is 11.9. The Kier molecular flexibility index (Phi) is 4.99. The number of carbonyl (C=O) groups is 1. The van der Waals surface area contributed by atoms with Gasteiger partial charge in [-0.05, 0) is 30.3 Å². The van der Waals surface area contributed by atoms with E-state index >= 15 is 0 Å². The second-order valence-electron chi connectivity index (χ2n) is 4.37. The minimum absolute atomic E-state index is 0.227. The lowest BCUT2D eigenvalue weighted by molar-refractivity contribution is 0.102. The molecular weight excluding hydrogens is 294 g/mol. The number of nitrogens with one attached hydrogen (secondary N) is 3. The first-order valence-electron chi connectivity index (χ1n) is 6.50. The molecule has 0 bridgehead atoms. The third-order valence-electron chi connectivity index (χ3n) is 2.70. The zero-order valence-corrected chi connectivity index (χ0v) is 11.9. The van der Waals surface area contributed by atoms with Crippen LogP contribution in [0.5, 0.6) is 0 Å². The first-order chi connectivity index (χ1) is 11.1. The number of hydrogen-bond acceptors (Lipinski definition) is 6. The first kappa shape index (κ1) is 15.7. The monoisotopic (exact) mass is 307 g/mol. The summed E-state index contributed by atoms with van der Waals surface area (Å²) in [5.74, 6) is -0.721. The normalized spacial score (nSPS) is 10.5. The fourth-order valence-electron chi connectivity index (χ4n) is 1.63. The summed E-state index contributed by atoms with van der Waals surface area (Å²) in [4.78, 5) is 15.9. The Balaban J connectivity index is 2.10. The van der Waals surface area contributed by atoms with E-state index in [1.807, 2.05) is 0 Å². The molecule has 0 aliphatic heterocycles. The Morgan fingerprint density at radius 1 is 1.30 bits per heavy atom. The number of aromatic nitrogens is 1. The van der Waals surface area contributed by atoms with Gasteiger partial charge in [-0.15, -0.1) is 0 Å². The molecule has 1 aromatic carbocycles. The van der Waals surface area contributed by atoms with Gasteiger partial charge in [0.05, 0.1) is 11.3 Å². The number of nitriles is 1. The molecule has 0 unspecified atom stereocenters. The summed E-state index contributed by atoms with van der Waals surface area (Å²) in [7, 11) is 0. The Labute approximate surface area is 132 Å². The minimum Gasteiger partial charge on any atom is -0.382 e. The summed E-state index contributed by atoms with van der Waals surface area (Å²) in [6.45, 7) is 0. The molecule has 114 valence electrons. The maximum absolute atomic E-state index is 12.0. The van der Waals surface area contributed by atoms with Gasteiger partial charge in [-0.2, -0.15) is 10.4 Å². The second kappa shape index (κ2) is 7.33. The van der Waals surface area contributed by atoms with Crippen molar-refractivity contribution in [2.24, 2.45) is 10.8 Å². The van der Waals surface area contributed by atoms with E-state index in [4.69, 9.17) is 16.4 Å². The third-order valence-corrected chi connectivity index (χ3v) is 2.70. The lowest BCUT2D eigenvalue weighted by Gasteiger charge is -2.07. The molecular formula is C15H13N7O. The SMILES string of the molecule is N#C/C(=N\Nc1cccc(NC(=O)c2cccnc2)c1)C(=N)N. The number of amides is 1. The van der Waals surface area contributed by atoms with Crippen LogP contribution in [0.25, 0.3) is 0 Å². The number of hydrazone groups is 1. The lowest BCUT2D eigenvalue weighted by atomic mass is 10.2. The largest absolute Gasteiger partial charge is 0.382 e. The predicted octanol–water partition coefficient (Wildman–Crippen LogP) is 1.56. The highest BCUT2D eigenvalue weighted by Crippen LogP contribution is 2.16. The smallest absolute Gasteiger partial charge is 0.257 e. The van der Waals surface area contributed by atoms with Gasteiger partial charge in [0.25, 0.3) is 5.91 Å². The molecule has 8 heteroatoms. The summed E-state index contributed by atoms with van der Waals surface area (Å²) < 4.78 is 0. The molecule has 0 radical (unpaired) electrons. The van der Waals surface area contributed by atoms with Crippen molar-refractivity contribution in [1.29, 1.82) is 10.7 Å². The van der Waals surface area contributed by atoms with Crippen LogP contribution in [0.3, 0.4) is 0 Å². The molecule has 0 aliphatic carbocycles. The van der Waals surface area contributed by atoms with E-state index in [0.29, 0.717) is 16.9 Å². The summed E-state index contributed by atoms with van der Waals surface area (Å²) in [6, 6.07) is 11.8. The van der Waals surface area contributed by atoms with Crippen molar-refractivity contribution in [3.8, 4) is 6.07 Å². The van der Waals surface area contributed by atoms with Crippen LogP contribution in [0.4, 0.5) is 11.4 Å². The summed E-state index contributed by atoms with van der Waals surface area (Å²) in [5, 5.41) is 22.4. The average molecular weight is 307 g/mol. The van der Waals surface area contributed by atoms with Gasteiger partial charge in [-0.3, -0.25) is 20.6 Å². The van der Waals surface area contributed by atoms with Crippen LogP contribution in [0, 0.1) is 16.7 Å². The number of amidine groups is 1. The molecule has 2 aromatic rings. The molecule has 0 saturated heterocycles. The van der Waals surface area contributed by atoms with Crippen LogP contribution in [-0.2, 0) is 0 Å². The molecule has 0 spiro atoms. The van der Waals surface area contributed by atoms with Crippen LogP contribution in [0.1, 0.15) is 10.4 Å². The molecule has 8 nitrogen and oxygen atoms in total. The molecule has 0 atom stereocenters. The Bertz CT molecular complexity index is 793. The number of hydrogen-bond donors (Lipinski definition) is 4. The van der Waals surface area contributed by atoms with E-state index in [0.717, 1.165) is 0 Å². The number of anilines is 2. The Morgan fingerprint density at radius 2 is 2.09 bits per heavy atom. The topological polar surface area (TPSA) is 140 Å². The van der Waals surface area contributed by atoms with Crippen molar-refractivity contribution in [3.63, 3.8) is 0 Å². The predicted molar refractivity (Wildman–Crippen MR) is 87.2 cm³/mol. The lowest BCUT2D eigenvalue weighted by Crippen LogP contribution is -2.21. The summed E-state index contributed by atoms with van der Waals surface area (Å²) >= 11 is 0. The van der Waals surface area contributed by atoms with E-state index in [-0.39, 0.29) is 11.6 Å². The molecule has 0 saturated carbocycles. The standard InChI is InChI=1S/C15H13N7O/c16-8-13(14(17)18)22-21-12-5-1-4-11(7-12)20-15(23)10-3-2-6-19-9-10/h1-7,9,21H,(H3,17,18)(H,20,23)/b22-13+. The molecule has 1 heterocycles. The quantitative estimate of drug-likeness (QED) is 0.377. The molecule has 1 aromatic heterocycles. The third kappa shape index (κ3) is 4.37. The van der Waals surface area contributed by atoms with E-state index in [9.17, 15) is 4.79 Å². The molecule has 23 heavy (non-hydrogen) atoms. The van der Waals surface area contributed by atoms with Crippen molar-refractivity contribution in [2.75, 3.05) is 10.7 Å². The van der Waals surface area contributed by atoms with Crippen molar-refractivity contribution in [2.45, 2.75) is 0 Å². The average Bonchev–Trinajstić information content (AvgIpc) is 2.56. The maximum atomic E-state index is 12.0. The van der Waals surface area contributed by atoms with E-state index in [2.05, 4.69) is 20.8 Å². The highest BCUT2D eigenvalue weighted by molar-refractivity contribution is 6.45. The van der Waals surface area contributed by atoms with Gasteiger partial charge in [0.15, 0.2) is 5.84 Å². The van der Waals surface area contributed by atoms with Gasteiger partial charge in [-0.25, -0.2) is 0 Å². The number of pyridine rings is 1. The minimum atomic E-state index is -0.430. The van der Waals surface area contributed by atoms with Crippen LogP contribution >= 0.6 is 0 Å². The van der Waals surface area contributed by atoms with Gasteiger partial charge < -0.3 is 11.1 Å². The fraction of sp³-hybridized carbons (Fsp3) is 0. The number of rotatable bonds is 5. The zero-order chi connectivity index (χ0) is 16.7. The summed E-state index contributed by atoms with van der Waals surface area (Å²) in [6.07, 6.45) is 3.05. The molecule has 5 N–H and O–H groups in total. The van der Waals surface area contributed by atoms with Gasteiger partial charge in [-0.1, -0.05) is 6.07 Å². The van der Waals surface area contributed by atoms with Crippen LogP contribution < -0.4 is 16.5 Å². The van der Waals surface area contributed by atoms with Crippen molar-refractivity contribution in [3.05, 3.63) is 54.4 Å². The Morgan fingerprint density at radius 3 is 2.74 bits per heavy atom. The van der Waals surface area contributed by atoms with Gasteiger partial charge in [0, 0.05) is 18.1 Å². The number of nitrogens with zero attached hydrogens (tertiary/aromatic N) is 3. The van der Waals surface area contributed by atoms with E-state index in [1.165, 1.54) is 6.20 Å². The van der Waals surface area contributed by atoms with Gasteiger partial charge >= 0.3 is 0 Å². The number of nitrogens with two attached hydrogens (primary N) is 1. The fourth-order valence-corrected chi connectivity index (χ4v) is 1.63. The van der Waals surface area contributed by atoms with E-state index in [1.54, 1.807) is 48.7 Å². The van der Waals surface area contributed by atoms with E-state index < -0.39 is 5.84 Å². The molecule has 2 rings (SSSR count). The van der Waals surface area contributed by atoms with Gasteiger partial charge in [0.2, 0.25) is 5.71 Å². The second-order valence-corrected chi connectivity index (χ2v) is 4.37. The number of benzene rings is 1. The van der Waals surface area contributed by atoms with Gasteiger partial charge in [0.1, 0.15) is 6.07 Å².